The van der Waals surface area contributed by atoms with Gasteiger partial charge in [-0.3, -0.25) is 0 Å². The molecule has 0 spiro atoms. The summed E-state index contributed by atoms with van der Waals surface area (Å²) >= 11 is 3.36. The second-order valence-electron chi connectivity index (χ2n) is 3.48. The van der Waals surface area contributed by atoms with E-state index >= 15 is 0 Å². The van der Waals surface area contributed by atoms with Crippen molar-refractivity contribution in [3.8, 4) is 5.75 Å². The summed E-state index contributed by atoms with van der Waals surface area (Å²) in [7, 11) is 0. The Morgan fingerprint density at radius 3 is 2.94 bits per heavy atom. The summed E-state index contributed by atoms with van der Waals surface area (Å²) in [6.45, 7) is 2.85. The zero-order chi connectivity index (χ0) is 11.8. The van der Waals surface area contributed by atoms with Crippen LogP contribution in [-0.2, 0) is 0 Å². The van der Waals surface area contributed by atoms with E-state index in [1.54, 1.807) is 0 Å². The fourth-order valence-corrected chi connectivity index (χ4v) is 1.73. The molecule has 0 bridgehead atoms. The third-order valence-corrected chi connectivity index (χ3v) is 2.67. The highest BCUT2D eigenvalue weighted by Gasteiger charge is 2.02. The van der Waals surface area contributed by atoms with Crippen LogP contribution in [0.5, 0.6) is 5.75 Å². The van der Waals surface area contributed by atoms with Crippen LogP contribution >= 0.6 is 15.9 Å². The predicted octanol–water partition coefficient (Wildman–Crippen LogP) is 3.83. The van der Waals surface area contributed by atoms with Gasteiger partial charge in [0.2, 0.25) is 0 Å². The quantitative estimate of drug-likeness (QED) is 0.374. The summed E-state index contributed by atoms with van der Waals surface area (Å²) in [4.78, 5) is 0. The van der Waals surface area contributed by atoms with Gasteiger partial charge in [0.1, 0.15) is 5.75 Å². The summed E-state index contributed by atoms with van der Waals surface area (Å²) in [6, 6.07) is 5.63. The van der Waals surface area contributed by atoms with Crippen LogP contribution in [0.1, 0.15) is 31.7 Å². The van der Waals surface area contributed by atoms with Gasteiger partial charge < -0.3 is 9.94 Å². The molecule has 0 heterocycles. The molecule has 4 heteroatoms. The van der Waals surface area contributed by atoms with Gasteiger partial charge in [0.15, 0.2) is 0 Å². The lowest BCUT2D eigenvalue weighted by molar-refractivity contribution is 0.304. The minimum atomic E-state index is 0.696. The minimum Gasteiger partial charge on any atom is -0.493 e. The van der Waals surface area contributed by atoms with E-state index in [-0.39, 0.29) is 0 Å². The van der Waals surface area contributed by atoms with Crippen LogP contribution in [-0.4, -0.2) is 18.0 Å². The fourth-order valence-electron chi connectivity index (χ4n) is 1.35. The van der Waals surface area contributed by atoms with E-state index in [0.717, 1.165) is 22.2 Å². The lowest BCUT2D eigenvalue weighted by atomic mass is 10.2. The van der Waals surface area contributed by atoms with Gasteiger partial charge in [-0.05, 0) is 24.6 Å². The van der Waals surface area contributed by atoms with E-state index in [9.17, 15) is 0 Å². The summed E-state index contributed by atoms with van der Waals surface area (Å²) in [5, 5.41) is 11.6. The molecule has 0 aliphatic heterocycles. The van der Waals surface area contributed by atoms with Crippen molar-refractivity contribution in [1.82, 2.24) is 0 Å². The van der Waals surface area contributed by atoms with Crippen molar-refractivity contribution in [1.29, 1.82) is 0 Å². The maximum Gasteiger partial charge on any atom is 0.128 e. The van der Waals surface area contributed by atoms with Gasteiger partial charge in [-0.15, -0.1) is 0 Å². The van der Waals surface area contributed by atoms with Crippen LogP contribution in [0, 0.1) is 0 Å². The normalized spacial score (nSPS) is 10.9. The van der Waals surface area contributed by atoms with Crippen LogP contribution in [0.2, 0.25) is 0 Å². The third kappa shape index (κ3) is 4.23. The van der Waals surface area contributed by atoms with Crippen molar-refractivity contribution in [2.45, 2.75) is 26.2 Å². The first-order valence-corrected chi connectivity index (χ1v) is 6.17. The molecule has 88 valence electrons. The molecule has 0 fully saturated rings. The van der Waals surface area contributed by atoms with Gasteiger partial charge in [0.25, 0.3) is 0 Å². The molecular weight excluding hydrogens is 270 g/mol. The first kappa shape index (κ1) is 13.0. The number of nitrogens with zero attached hydrogens (tertiary/aromatic N) is 1. The predicted molar refractivity (Wildman–Crippen MR) is 68.5 cm³/mol. The van der Waals surface area contributed by atoms with Crippen molar-refractivity contribution < 1.29 is 9.94 Å². The number of rotatable bonds is 6. The van der Waals surface area contributed by atoms with Gasteiger partial charge in [-0.25, -0.2) is 0 Å². The number of unbranched alkanes of at least 4 members (excludes halogenated alkanes) is 2. The average molecular weight is 286 g/mol. The summed E-state index contributed by atoms with van der Waals surface area (Å²) in [5.41, 5.74) is 0.772. The molecule has 1 aromatic carbocycles. The van der Waals surface area contributed by atoms with Crippen molar-refractivity contribution in [2.75, 3.05) is 6.61 Å². The number of benzene rings is 1. The maximum absolute atomic E-state index is 8.54. The average Bonchev–Trinajstić information content (AvgIpc) is 2.27. The second kappa shape index (κ2) is 7.28. The lowest BCUT2D eigenvalue weighted by Gasteiger charge is -2.08. The maximum atomic E-state index is 8.54. The summed E-state index contributed by atoms with van der Waals surface area (Å²) in [5.74, 6) is 0.747. The fraction of sp³-hybridized carbons (Fsp3) is 0.417. The summed E-state index contributed by atoms with van der Waals surface area (Å²) in [6.07, 6.45) is 4.76. The highest BCUT2D eigenvalue weighted by Crippen LogP contribution is 2.22. The monoisotopic (exact) mass is 285 g/mol. The molecular formula is C12H16BrNO2. The second-order valence-corrected chi connectivity index (χ2v) is 4.40. The smallest absolute Gasteiger partial charge is 0.128 e. The van der Waals surface area contributed by atoms with Crippen LogP contribution in [0.3, 0.4) is 0 Å². The molecule has 3 nitrogen and oxygen atoms in total. The number of hydrogen-bond donors (Lipinski definition) is 1. The number of oxime groups is 1. The van der Waals surface area contributed by atoms with E-state index in [2.05, 4.69) is 28.0 Å². The topological polar surface area (TPSA) is 41.8 Å². The molecule has 1 rings (SSSR count). The van der Waals surface area contributed by atoms with Gasteiger partial charge in [0, 0.05) is 10.0 Å². The van der Waals surface area contributed by atoms with E-state index in [0.29, 0.717) is 6.61 Å². The Morgan fingerprint density at radius 1 is 1.44 bits per heavy atom. The first-order chi connectivity index (χ1) is 7.77. The van der Waals surface area contributed by atoms with Crippen molar-refractivity contribution in [2.24, 2.45) is 5.16 Å². The van der Waals surface area contributed by atoms with Crippen LogP contribution in [0.4, 0.5) is 0 Å². The van der Waals surface area contributed by atoms with E-state index < -0.39 is 0 Å². The van der Waals surface area contributed by atoms with Gasteiger partial charge in [-0.1, -0.05) is 40.9 Å². The Balaban J connectivity index is 2.63. The van der Waals surface area contributed by atoms with Gasteiger partial charge in [0.05, 0.1) is 12.8 Å². The Hall–Kier alpha value is -1.03. The number of halogens is 1. The molecule has 0 radical (unpaired) electrons. The highest BCUT2D eigenvalue weighted by atomic mass is 79.9. The Bertz CT molecular complexity index is 353. The van der Waals surface area contributed by atoms with Crippen LogP contribution in [0.25, 0.3) is 0 Å². The molecule has 1 N–H and O–H groups in total. The van der Waals surface area contributed by atoms with Gasteiger partial charge >= 0.3 is 0 Å². The van der Waals surface area contributed by atoms with Gasteiger partial charge in [-0.2, -0.15) is 0 Å². The Kier molecular flexibility index (Phi) is 5.93. The minimum absolute atomic E-state index is 0.696. The molecule has 0 aliphatic rings. The molecule has 0 aromatic heterocycles. The number of hydrogen-bond acceptors (Lipinski definition) is 3. The summed E-state index contributed by atoms with van der Waals surface area (Å²) < 4.78 is 6.56. The molecule has 1 aromatic rings. The standard InChI is InChI=1S/C12H16BrNO2/c1-2-3-4-7-16-12-6-5-11(13)8-10(12)9-14-15/h5-6,8-9,15H,2-4,7H2,1H3. The zero-order valence-corrected chi connectivity index (χ0v) is 10.9. The zero-order valence-electron chi connectivity index (χ0n) is 9.32. The van der Waals surface area contributed by atoms with E-state index in [1.165, 1.54) is 19.1 Å². The molecule has 0 amide bonds. The van der Waals surface area contributed by atoms with Crippen molar-refractivity contribution >= 4 is 22.1 Å². The van der Waals surface area contributed by atoms with E-state index in [1.807, 2.05) is 18.2 Å². The molecule has 0 unspecified atom stereocenters. The first-order valence-electron chi connectivity index (χ1n) is 5.37. The Morgan fingerprint density at radius 2 is 2.25 bits per heavy atom. The molecule has 16 heavy (non-hydrogen) atoms. The molecule has 0 saturated carbocycles. The lowest BCUT2D eigenvalue weighted by Crippen LogP contribution is -2.00. The van der Waals surface area contributed by atoms with Crippen LogP contribution < -0.4 is 4.74 Å². The molecule has 0 atom stereocenters. The van der Waals surface area contributed by atoms with Crippen molar-refractivity contribution in [3.63, 3.8) is 0 Å². The highest BCUT2D eigenvalue weighted by molar-refractivity contribution is 9.10. The SMILES string of the molecule is CCCCCOc1ccc(Br)cc1C=NO. The molecule has 0 aliphatic carbocycles. The Labute approximate surface area is 104 Å². The largest absolute Gasteiger partial charge is 0.493 e. The third-order valence-electron chi connectivity index (χ3n) is 2.17. The van der Waals surface area contributed by atoms with E-state index in [4.69, 9.17) is 9.94 Å². The number of ether oxygens (including phenoxy) is 1. The molecule has 0 saturated heterocycles. The van der Waals surface area contributed by atoms with Crippen molar-refractivity contribution in [3.05, 3.63) is 28.2 Å². The van der Waals surface area contributed by atoms with Crippen LogP contribution in [0.15, 0.2) is 27.8 Å².